The highest BCUT2D eigenvalue weighted by molar-refractivity contribution is 7.98. The minimum absolute atomic E-state index is 0. The topological polar surface area (TPSA) is 50.4 Å². The summed E-state index contributed by atoms with van der Waals surface area (Å²) in [5.74, 6) is 1.53. The Kier molecular flexibility index (Phi) is 6.81. The lowest BCUT2D eigenvalue weighted by molar-refractivity contribution is 0.268. The molecule has 1 aromatic carbocycles. The number of aromatic nitrogens is 2. The van der Waals surface area contributed by atoms with E-state index in [1.54, 1.807) is 18.9 Å². The van der Waals surface area contributed by atoms with Crippen LogP contribution in [0.1, 0.15) is 6.42 Å². The van der Waals surface area contributed by atoms with Gasteiger partial charge in [-0.25, -0.2) is 4.98 Å². The van der Waals surface area contributed by atoms with Gasteiger partial charge in [-0.05, 0) is 38.9 Å². The minimum atomic E-state index is 0. The fraction of sp³-hybridized carbons (Fsp3) is 0.389. The Hall–Kier alpha value is -1.63. The Labute approximate surface area is 158 Å². The van der Waals surface area contributed by atoms with E-state index < -0.39 is 0 Å². The van der Waals surface area contributed by atoms with Gasteiger partial charge < -0.3 is 19.4 Å². The lowest BCUT2D eigenvalue weighted by atomic mass is 10.2. The van der Waals surface area contributed by atoms with Crippen LogP contribution in [0.15, 0.2) is 29.4 Å². The first kappa shape index (κ1) is 19.7. The third-order valence-electron chi connectivity index (χ3n) is 3.96. The molecule has 0 radical (unpaired) electrons. The molecule has 2 heterocycles. The monoisotopic (exact) mass is 381 g/mol. The molecule has 25 heavy (non-hydrogen) atoms. The molecule has 0 unspecified atom stereocenters. The predicted molar refractivity (Wildman–Crippen MR) is 108 cm³/mol. The van der Waals surface area contributed by atoms with Gasteiger partial charge in [0.2, 0.25) is 0 Å². The van der Waals surface area contributed by atoms with Crippen LogP contribution in [-0.2, 0) is 0 Å². The molecule has 7 heteroatoms. The summed E-state index contributed by atoms with van der Waals surface area (Å²) in [5, 5.41) is 3.26. The third-order valence-corrected chi connectivity index (χ3v) is 4.66. The van der Waals surface area contributed by atoms with Crippen LogP contribution in [-0.4, -0.2) is 55.5 Å². The molecule has 3 rings (SSSR count). The Balaban J connectivity index is 0.00000225. The van der Waals surface area contributed by atoms with Gasteiger partial charge in [0.25, 0.3) is 0 Å². The number of aromatic amines is 1. The second-order valence-electron chi connectivity index (χ2n) is 5.92. The van der Waals surface area contributed by atoms with Gasteiger partial charge in [0.05, 0.1) is 24.8 Å². The highest BCUT2D eigenvalue weighted by atomic mass is 35.5. The first-order chi connectivity index (χ1) is 11.6. The van der Waals surface area contributed by atoms with Crippen LogP contribution < -0.4 is 9.47 Å². The highest BCUT2D eigenvalue weighted by Gasteiger charge is 2.14. The number of fused-ring (bicyclic) bond motifs is 3. The molecule has 0 amide bonds. The van der Waals surface area contributed by atoms with E-state index in [2.05, 4.69) is 29.0 Å². The summed E-state index contributed by atoms with van der Waals surface area (Å²) in [5.41, 5.74) is 2.12. The second kappa shape index (κ2) is 8.65. The summed E-state index contributed by atoms with van der Waals surface area (Å²) in [6, 6.07) is 6.06. The van der Waals surface area contributed by atoms with Crippen molar-refractivity contribution >= 4 is 46.0 Å². The van der Waals surface area contributed by atoms with Crippen molar-refractivity contribution in [3.63, 3.8) is 0 Å². The van der Waals surface area contributed by atoms with Crippen molar-refractivity contribution in [2.24, 2.45) is 0 Å². The molecule has 0 aliphatic rings. The smallest absolute Gasteiger partial charge is 0.163 e. The van der Waals surface area contributed by atoms with E-state index in [1.807, 2.05) is 30.7 Å². The average Bonchev–Trinajstić information content (AvgIpc) is 2.95. The molecule has 0 spiro atoms. The summed E-state index contributed by atoms with van der Waals surface area (Å²) in [4.78, 5) is 10.1. The lowest BCUT2D eigenvalue weighted by Crippen LogP contribution is -2.15. The van der Waals surface area contributed by atoms with Gasteiger partial charge in [-0.15, -0.1) is 24.2 Å². The maximum atomic E-state index is 5.95. The van der Waals surface area contributed by atoms with Crippen molar-refractivity contribution < 1.29 is 9.47 Å². The maximum absolute atomic E-state index is 5.95. The summed E-state index contributed by atoms with van der Waals surface area (Å²) >= 11 is 1.65. The fourth-order valence-electron chi connectivity index (χ4n) is 2.81. The van der Waals surface area contributed by atoms with Crippen LogP contribution in [0, 0.1) is 0 Å². The number of ether oxygens (including phenoxy) is 2. The van der Waals surface area contributed by atoms with Crippen LogP contribution in [0.5, 0.6) is 11.5 Å². The fourth-order valence-corrected chi connectivity index (χ4v) is 3.40. The molecule has 1 N–H and O–H groups in total. The van der Waals surface area contributed by atoms with E-state index in [9.17, 15) is 0 Å². The summed E-state index contributed by atoms with van der Waals surface area (Å²) < 4.78 is 11.5. The standard InChI is InChI=1S/C18H23N3O2S.ClH/c1-21(2)8-5-9-23-16-11-14-12(10-15(16)22-3)17-13(20-14)6-7-19-18(17)24-4;/h6-7,10-11,20H,5,8-9H2,1-4H3;1H. The van der Waals surface area contributed by atoms with Crippen molar-refractivity contribution in [1.29, 1.82) is 0 Å². The first-order valence-corrected chi connectivity index (χ1v) is 9.16. The molecule has 3 aromatic rings. The highest BCUT2D eigenvalue weighted by Crippen LogP contribution is 2.38. The van der Waals surface area contributed by atoms with Gasteiger partial charge in [0.15, 0.2) is 11.5 Å². The van der Waals surface area contributed by atoms with Crippen LogP contribution in [0.4, 0.5) is 0 Å². The van der Waals surface area contributed by atoms with Crippen molar-refractivity contribution in [1.82, 2.24) is 14.9 Å². The number of thioether (sulfide) groups is 1. The average molecular weight is 382 g/mol. The zero-order valence-electron chi connectivity index (χ0n) is 15.0. The van der Waals surface area contributed by atoms with Gasteiger partial charge in [-0.1, -0.05) is 0 Å². The quantitative estimate of drug-likeness (QED) is 0.491. The molecule has 0 bridgehead atoms. The molecule has 0 fully saturated rings. The van der Waals surface area contributed by atoms with Crippen LogP contribution in [0.25, 0.3) is 21.8 Å². The Bertz CT molecular complexity index is 851. The molecule has 5 nitrogen and oxygen atoms in total. The van der Waals surface area contributed by atoms with Crippen molar-refractivity contribution in [2.75, 3.05) is 40.6 Å². The number of methoxy groups -OCH3 is 1. The summed E-state index contributed by atoms with van der Waals surface area (Å²) in [6.45, 7) is 1.66. The number of nitrogens with zero attached hydrogens (tertiary/aromatic N) is 2. The number of rotatable bonds is 7. The second-order valence-corrected chi connectivity index (χ2v) is 6.72. The summed E-state index contributed by atoms with van der Waals surface area (Å²) in [6.07, 6.45) is 4.85. The normalized spacial score (nSPS) is 11.1. The number of hydrogen-bond acceptors (Lipinski definition) is 5. The summed E-state index contributed by atoms with van der Waals surface area (Å²) in [7, 11) is 5.80. The Morgan fingerprint density at radius 1 is 1.20 bits per heavy atom. The lowest BCUT2D eigenvalue weighted by Gasteiger charge is -2.13. The molecule has 0 saturated carbocycles. The Morgan fingerprint density at radius 3 is 2.68 bits per heavy atom. The maximum Gasteiger partial charge on any atom is 0.163 e. The van der Waals surface area contributed by atoms with Gasteiger partial charge in [0.1, 0.15) is 5.03 Å². The van der Waals surface area contributed by atoms with E-state index in [0.29, 0.717) is 6.61 Å². The largest absolute Gasteiger partial charge is 0.493 e. The number of H-pyrrole nitrogens is 1. The molecule has 136 valence electrons. The van der Waals surface area contributed by atoms with E-state index in [1.165, 1.54) is 0 Å². The molecule has 0 atom stereocenters. The molecular formula is C18H24ClN3O2S. The molecule has 0 aliphatic heterocycles. The van der Waals surface area contributed by atoms with Crippen molar-refractivity contribution in [3.05, 3.63) is 24.4 Å². The molecule has 2 aromatic heterocycles. The van der Waals surface area contributed by atoms with Gasteiger partial charge in [0, 0.05) is 29.6 Å². The van der Waals surface area contributed by atoms with Gasteiger partial charge in [-0.2, -0.15) is 0 Å². The van der Waals surface area contributed by atoms with Crippen LogP contribution in [0.3, 0.4) is 0 Å². The number of pyridine rings is 1. The van der Waals surface area contributed by atoms with E-state index in [4.69, 9.17) is 9.47 Å². The minimum Gasteiger partial charge on any atom is -0.493 e. The van der Waals surface area contributed by atoms with Crippen LogP contribution >= 0.6 is 24.2 Å². The molecule has 0 saturated heterocycles. The predicted octanol–water partition coefficient (Wildman–Crippen LogP) is 4.20. The molecular weight excluding hydrogens is 358 g/mol. The first-order valence-electron chi connectivity index (χ1n) is 7.94. The van der Waals surface area contributed by atoms with E-state index >= 15 is 0 Å². The van der Waals surface area contributed by atoms with Crippen LogP contribution in [0.2, 0.25) is 0 Å². The number of halogens is 1. The zero-order chi connectivity index (χ0) is 17.1. The number of nitrogens with one attached hydrogen (secondary N) is 1. The molecule has 0 aliphatic carbocycles. The van der Waals surface area contributed by atoms with Crippen molar-refractivity contribution in [2.45, 2.75) is 11.4 Å². The van der Waals surface area contributed by atoms with E-state index in [-0.39, 0.29) is 12.4 Å². The van der Waals surface area contributed by atoms with Gasteiger partial charge >= 0.3 is 0 Å². The van der Waals surface area contributed by atoms with Gasteiger partial charge in [-0.3, -0.25) is 0 Å². The zero-order valence-corrected chi connectivity index (χ0v) is 16.6. The van der Waals surface area contributed by atoms with Crippen molar-refractivity contribution in [3.8, 4) is 11.5 Å². The number of benzene rings is 1. The SMILES string of the molecule is COc1cc2c(cc1OCCCN(C)C)[nH]c1ccnc(SC)c12.Cl. The van der Waals surface area contributed by atoms with E-state index in [0.717, 1.165) is 51.3 Å². The number of hydrogen-bond donors (Lipinski definition) is 1. The Morgan fingerprint density at radius 2 is 2.00 bits per heavy atom. The third kappa shape index (κ3) is 4.14.